The first-order valence-electron chi connectivity index (χ1n) is 8.15. The predicted octanol–water partition coefficient (Wildman–Crippen LogP) is 4.00. The summed E-state index contributed by atoms with van der Waals surface area (Å²) in [5, 5.41) is 4.25. The zero-order chi connectivity index (χ0) is 17.3. The minimum Gasteiger partial charge on any atom is -0.449 e. The van der Waals surface area contributed by atoms with E-state index in [9.17, 15) is 9.59 Å². The Morgan fingerprint density at radius 1 is 1.33 bits per heavy atom. The summed E-state index contributed by atoms with van der Waals surface area (Å²) in [7, 11) is 0. The number of carbonyl (C=O) groups excluding carboxylic acids is 2. The molecule has 1 amide bonds. The van der Waals surface area contributed by atoms with E-state index in [4.69, 9.17) is 20.8 Å². The van der Waals surface area contributed by atoms with Gasteiger partial charge in [0.25, 0.3) is 5.91 Å². The Bertz CT molecular complexity index is 777. The molecule has 1 saturated carbocycles. The van der Waals surface area contributed by atoms with Gasteiger partial charge >= 0.3 is 5.97 Å². The first-order valence-corrected chi connectivity index (χ1v) is 8.53. The van der Waals surface area contributed by atoms with Crippen LogP contribution in [0.2, 0.25) is 5.02 Å². The molecule has 1 aliphatic rings. The van der Waals surface area contributed by atoms with E-state index in [0.717, 1.165) is 31.1 Å². The number of benzene rings is 1. The zero-order valence-corrected chi connectivity index (χ0v) is 14.5. The molecule has 3 rings (SSSR count). The topological polar surface area (TPSA) is 68.5 Å². The summed E-state index contributed by atoms with van der Waals surface area (Å²) in [6.07, 6.45) is 3.35. The summed E-state index contributed by atoms with van der Waals surface area (Å²) >= 11 is 5.98. The number of amides is 1. The van der Waals surface area contributed by atoms with E-state index in [0.29, 0.717) is 16.2 Å². The minimum atomic E-state index is -0.866. The molecule has 0 unspecified atom stereocenters. The fraction of sp³-hybridized carbons (Fsp3) is 0.444. The second kappa shape index (κ2) is 6.85. The Morgan fingerprint density at radius 3 is 2.75 bits per heavy atom. The summed E-state index contributed by atoms with van der Waals surface area (Å²) in [4.78, 5) is 24.5. The normalized spacial score (nSPS) is 16.3. The maximum Gasteiger partial charge on any atom is 0.375 e. The van der Waals surface area contributed by atoms with Crippen molar-refractivity contribution in [2.75, 3.05) is 0 Å². The van der Waals surface area contributed by atoms with Gasteiger partial charge in [0.05, 0.1) is 0 Å². The van der Waals surface area contributed by atoms with Gasteiger partial charge in [-0.3, -0.25) is 4.79 Å². The summed E-state index contributed by atoms with van der Waals surface area (Å²) < 4.78 is 10.8. The van der Waals surface area contributed by atoms with Gasteiger partial charge in [0.1, 0.15) is 5.58 Å². The van der Waals surface area contributed by atoms with E-state index in [-0.39, 0.29) is 17.7 Å². The lowest BCUT2D eigenvalue weighted by Crippen LogP contribution is -2.40. The van der Waals surface area contributed by atoms with Crippen molar-refractivity contribution < 1.29 is 18.7 Å². The number of hydrogen-bond acceptors (Lipinski definition) is 4. The molecule has 0 saturated heterocycles. The van der Waals surface area contributed by atoms with Crippen molar-refractivity contribution in [2.45, 2.75) is 51.7 Å². The summed E-state index contributed by atoms with van der Waals surface area (Å²) in [5.74, 6) is -0.811. The molecule has 1 aromatic carbocycles. The highest BCUT2D eigenvalue weighted by Gasteiger charge is 2.26. The lowest BCUT2D eigenvalue weighted by molar-refractivity contribution is -0.129. The van der Waals surface area contributed by atoms with Crippen LogP contribution < -0.4 is 5.32 Å². The Balaban J connectivity index is 1.70. The Labute approximate surface area is 145 Å². The minimum absolute atomic E-state index is 0.104. The van der Waals surface area contributed by atoms with Crippen molar-refractivity contribution in [1.82, 2.24) is 5.32 Å². The van der Waals surface area contributed by atoms with Crippen LogP contribution in [0.3, 0.4) is 0 Å². The molecule has 5 nitrogen and oxygen atoms in total. The van der Waals surface area contributed by atoms with Crippen molar-refractivity contribution in [2.24, 2.45) is 0 Å². The Morgan fingerprint density at radius 2 is 2.04 bits per heavy atom. The number of ether oxygens (including phenoxy) is 1. The second-order valence-electron chi connectivity index (χ2n) is 6.23. The van der Waals surface area contributed by atoms with Crippen LogP contribution in [0.4, 0.5) is 0 Å². The monoisotopic (exact) mass is 349 g/mol. The highest BCUT2D eigenvalue weighted by molar-refractivity contribution is 6.31. The third-order valence-electron chi connectivity index (χ3n) is 4.44. The van der Waals surface area contributed by atoms with Gasteiger partial charge in [0, 0.05) is 22.0 Å². The number of carbonyl (C=O) groups is 2. The largest absolute Gasteiger partial charge is 0.449 e. The first kappa shape index (κ1) is 16.8. The third kappa shape index (κ3) is 3.41. The van der Waals surface area contributed by atoms with Gasteiger partial charge in [0.2, 0.25) is 5.76 Å². The molecule has 6 heteroatoms. The van der Waals surface area contributed by atoms with Gasteiger partial charge in [-0.2, -0.15) is 0 Å². The number of rotatable bonds is 4. The molecule has 0 spiro atoms. The quantitative estimate of drug-likeness (QED) is 0.847. The van der Waals surface area contributed by atoms with Crippen LogP contribution in [0.1, 0.15) is 48.7 Å². The highest BCUT2D eigenvalue weighted by Crippen LogP contribution is 2.28. The standard InChI is InChI=1S/C18H20ClNO4/c1-10-14-9-12(19)7-8-15(14)24-16(10)18(22)23-11(2)17(21)20-13-5-3-4-6-13/h7-9,11,13H,3-6H2,1-2H3,(H,20,21)/t11-/m1/s1. The fourth-order valence-corrected chi connectivity index (χ4v) is 3.22. The molecule has 1 aromatic heterocycles. The van der Waals surface area contributed by atoms with Crippen LogP contribution in [-0.2, 0) is 9.53 Å². The van der Waals surface area contributed by atoms with E-state index >= 15 is 0 Å². The molecular weight excluding hydrogens is 330 g/mol. The molecule has 1 heterocycles. The molecular formula is C18H20ClNO4. The number of furan rings is 1. The van der Waals surface area contributed by atoms with Crippen LogP contribution in [0.25, 0.3) is 11.0 Å². The molecule has 128 valence electrons. The average Bonchev–Trinajstić information content (AvgIpc) is 3.16. The first-order chi connectivity index (χ1) is 11.5. The number of aryl methyl sites for hydroxylation is 1. The summed E-state index contributed by atoms with van der Waals surface area (Å²) in [6, 6.07) is 5.33. The molecule has 1 atom stereocenters. The van der Waals surface area contributed by atoms with Crippen LogP contribution in [0.15, 0.2) is 22.6 Å². The molecule has 1 N–H and O–H groups in total. The third-order valence-corrected chi connectivity index (χ3v) is 4.67. The zero-order valence-electron chi connectivity index (χ0n) is 13.7. The van der Waals surface area contributed by atoms with Crippen LogP contribution in [0, 0.1) is 6.92 Å². The van der Waals surface area contributed by atoms with Gasteiger partial charge in [-0.25, -0.2) is 4.79 Å². The molecule has 0 radical (unpaired) electrons. The number of halogens is 1. The van der Waals surface area contributed by atoms with Gasteiger partial charge in [-0.15, -0.1) is 0 Å². The maximum atomic E-state index is 12.3. The number of nitrogens with one attached hydrogen (secondary N) is 1. The smallest absolute Gasteiger partial charge is 0.375 e. The van der Waals surface area contributed by atoms with Gasteiger partial charge < -0.3 is 14.5 Å². The van der Waals surface area contributed by atoms with E-state index in [2.05, 4.69) is 5.32 Å². The summed E-state index contributed by atoms with van der Waals surface area (Å²) in [6.45, 7) is 3.33. The Hall–Kier alpha value is -2.01. The van der Waals surface area contributed by atoms with Crippen LogP contribution in [0.5, 0.6) is 0 Å². The molecule has 24 heavy (non-hydrogen) atoms. The second-order valence-corrected chi connectivity index (χ2v) is 6.67. The maximum absolute atomic E-state index is 12.3. The van der Waals surface area contributed by atoms with Gasteiger partial charge in [-0.1, -0.05) is 24.4 Å². The van der Waals surface area contributed by atoms with Gasteiger partial charge in [-0.05, 0) is 44.9 Å². The van der Waals surface area contributed by atoms with Crippen LogP contribution in [-0.4, -0.2) is 24.0 Å². The Kier molecular flexibility index (Phi) is 4.81. The molecule has 0 bridgehead atoms. The van der Waals surface area contributed by atoms with Gasteiger partial charge in [0.15, 0.2) is 6.10 Å². The highest BCUT2D eigenvalue weighted by atomic mass is 35.5. The fourth-order valence-electron chi connectivity index (χ4n) is 3.04. The molecule has 0 aliphatic heterocycles. The number of fused-ring (bicyclic) bond motifs is 1. The van der Waals surface area contributed by atoms with Crippen molar-refractivity contribution in [3.63, 3.8) is 0 Å². The molecule has 2 aromatic rings. The van der Waals surface area contributed by atoms with E-state index in [1.165, 1.54) is 0 Å². The average molecular weight is 350 g/mol. The number of esters is 1. The van der Waals surface area contributed by atoms with E-state index in [1.807, 2.05) is 0 Å². The van der Waals surface area contributed by atoms with E-state index < -0.39 is 12.1 Å². The SMILES string of the molecule is Cc1c(C(=O)O[C@H](C)C(=O)NC2CCCC2)oc2ccc(Cl)cc12. The number of hydrogen-bond donors (Lipinski definition) is 1. The van der Waals surface area contributed by atoms with Crippen molar-refractivity contribution in [3.05, 3.63) is 34.5 Å². The molecule has 1 aliphatic carbocycles. The molecule has 1 fully saturated rings. The predicted molar refractivity (Wildman–Crippen MR) is 91.2 cm³/mol. The summed E-state index contributed by atoms with van der Waals surface area (Å²) in [5.41, 5.74) is 1.22. The van der Waals surface area contributed by atoms with E-state index in [1.54, 1.807) is 32.0 Å². The van der Waals surface area contributed by atoms with Crippen LogP contribution >= 0.6 is 11.6 Å². The van der Waals surface area contributed by atoms with Crippen molar-refractivity contribution in [1.29, 1.82) is 0 Å². The van der Waals surface area contributed by atoms with Crippen molar-refractivity contribution >= 4 is 34.4 Å². The lowest BCUT2D eigenvalue weighted by atomic mass is 10.1. The lowest BCUT2D eigenvalue weighted by Gasteiger charge is -2.16. The van der Waals surface area contributed by atoms with Crippen molar-refractivity contribution in [3.8, 4) is 0 Å².